The normalized spacial score (nSPS) is 11.9. The van der Waals surface area contributed by atoms with Crippen LogP contribution in [-0.2, 0) is 4.74 Å². The molecule has 0 bridgehead atoms. The Labute approximate surface area is 112 Å². The summed E-state index contributed by atoms with van der Waals surface area (Å²) in [4.78, 5) is 10.5. The van der Waals surface area contributed by atoms with Gasteiger partial charge >= 0.3 is 0 Å². The van der Waals surface area contributed by atoms with Gasteiger partial charge in [-0.25, -0.2) is 0 Å². The van der Waals surface area contributed by atoms with E-state index >= 15 is 0 Å². The first-order valence-electron chi connectivity index (χ1n) is 5.93. The zero-order valence-electron chi connectivity index (χ0n) is 11.2. The zero-order chi connectivity index (χ0) is 14.4. The van der Waals surface area contributed by atoms with Crippen molar-refractivity contribution in [1.29, 1.82) is 5.26 Å². The summed E-state index contributed by atoms with van der Waals surface area (Å²) in [6.45, 7) is 4.43. The highest BCUT2D eigenvalue weighted by atomic mass is 16.6. The molecule has 1 rings (SSSR count). The van der Waals surface area contributed by atoms with Crippen LogP contribution in [0.5, 0.6) is 0 Å². The van der Waals surface area contributed by atoms with Crippen molar-refractivity contribution in [1.82, 2.24) is 0 Å². The van der Waals surface area contributed by atoms with Crippen molar-refractivity contribution in [3.05, 3.63) is 33.9 Å². The van der Waals surface area contributed by atoms with Crippen molar-refractivity contribution in [3.8, 4) is 6.07 Å². The molecule has 6 nitrogen and oxygen atoms in total. The SMILES string of the molecule is COCC(Nc1cc(C#N)ccc1[N+](=O)[O-])C(C)C. The topological polar surface area (TPSA) is 88.2 Å². The Morgan fingerprint density at radius 3 is 2.68 bits per heavy atom. The number of methoxy groups -OCH3 is 1. The van der Waals surface area contributed by atoms with Gasteiger partial charge in [-0.05, 0) is 18.1 Å². The van der Waals surface area contributed by atoms with Crippen LogP contribution < -0.4 is 5.32 Å². The van der Waals surface area contributed by atoms with E-state index in [1.54, 1.807) is 7.11 Å². The van der Waals surface area contributed by atoms with Crippen LogP contribution in [-0.4, -0.2) is 24.7 Å². The molecule has 1 aromatic carbocycles. The van der Waals surface area contributed by atoms with Crippen LogP contribution in [0.4, 0.5) is 11.4 Å². The fourth-order valence-corrected chi connectivity index (χ4v) is 1.66. The molecular formula is C13H17N3O3. The third-order valence-corrected chi connectivity index (χ3v) is 2.81. The third kappa shape index (κ3) is 3.93. The maximum Gasteiger partial charge on any atom is 0.292 e. The number of nitro benzene ring substituents is 1. The van der Waals surface area contributed by atoms with Gasteiger partial charge in [0.25, 0.3) is 5.69 Å². The van der Waals surface area contributed by atoms with Crippen LogP contribution >= 0.6 is 0 Å². The van der Waals surface area contributed by atoms with Crippen LogP contribution in [0.2, 0.25) is 0 Å². The highest BCUT2D eigenvalue weighted by molar-refractivity contribution is 5.64. The van der Waals surface area contributed by atoms with Gasteiger partial charge in [0.15, 0.2) is 0 Å². The number of nitrogens with one attached hydrogen (secondary N) is 1. The molecule has 1 aromatic rings. The number of nitrogens with zero attached hydrogens (tertiary/aromatic N) is 2. The van der Waals surface area contributed by atoms with Crippen LogP contribution in [0.25, 0.3) is 0 Å². The van der Waals surface area contributed by atoms with E-state index in [-0.39, 0.29) is 17.6 Å². The van der Waals surface area contributed by atoms with Gasteiger partial charge in [0.05, 0.1) is 29.2 Å². The number of hydrogen-bond acceptors (Lipinski definition) is 5. The van der Waals surface area contributed by atoms with E-state index in [4.69, 9.17) is 10.00 Å². The van der Waals surface area contributed by atoms with E-state index in [2.05, 4.69) is 5.32 Å². The summed E-state index contributed by atoms with van der Waals surface area (Å²) in [5.74, 6) is 0.241. The third-order valence-electron chi connectivity index (χ3n) is 2.81. The predicted octanol–water partition coefficient (Wildman–Crippen LogP) is 2.55. The molecule has 1 N–H and O–H groups in total. The molecule has 19 heavy (non-hydrogen) atoms. The van der Waals surface area contributed by atoms with Gasteiger partial charge in [-0.1, -0.05) is 13.8 Å². The minimum atomic E-state index is -0.465. The molecule has 0 fully saturated rings. The number of ether oxygens (including phenoxy) is 1. The lowest BCUT2D eigenvalue weighted by Crippen LogP contribution is -2.30. The second-order valence-corrected chi connectivity index (χ2v) is 4.55. The van der Waals surface area contributed by atoms with Gasteiger partial charge in [0.2, 0.25) is 0 Å². The van der Waals surface area contributed by atoms with Crippen molar-refractivity contribution in [2.75, 3.05) is 19.0 Å². The molecule has 0 saturated heterocycles. The molecule has 0 saturated carbocycles. The molecule has 1 unspecified atom stereocenters. The first-order valence-corrected chi connectivity index (χ1v) is 5.93. The van der Waals surface area contributed by atoms with Gasteiger partial charge in [-0.3, -0.25) is 10.1 Å². The highest BCUT2D eigenvalue weighted by Gasteiger charge is 2.19. The summed E-state index contributed by atoms with van der Waals surface area (Å²) in [5.41, 5.74) is 0.688. The van der Waals surface area contributed by atoms with Crippen LogP contribution in [0.3, 0.4) is 0 Å². The molecule has 0 heterocycles. The number of rotatable bonds is 6. The lowest BCUT2D eigenvalue weighted by molar-refractivity contribution is -0.384. The van der Waals surface area contributed by atoms with E-state index in [1.807, 2.05) is 19.9 Å². The Morgan fingerprint density at radius 1 is 1.53 bits per heavy atom. The number of nitriles is 1. The van der Waals surface area contributed by atoms with Gasteiger partial charge in [-0.2, -0.15) is 5.26 Å². The number of anilines is 1. The molecule has 0 amide bonds. The summed E-state index contributed by atoms with van der Waals surface area (Å²) >= 11 is 0. The van der Waals surface area contributed by atoms with Crippen LogP contribution in [0.1, 0.15) is 19.4 Å². The van der Waals surface area contributed by atoms with E-state index in [0.717, 1.165) is 0 Å². The Balaban J connectivity index is 3.09. The second-order valence-electron chi connectivity index (χ2n) is 4.55. The van der Waals surface area contributed by atoms with Crippen LogP contribution in [0.15, 0.2) is 18.2 Å². The van der Waals surface area contributed by atoms with Crippen molar-refractivity contribution in [3.63, 3.8) is 0 Å². The zero-order valence-corrected chi connectivity index (χ0v) is 11.2. The first-order chi connectivity index (χ1) is 8.99. The molecule has 1 atom stereocenters. The van der Waals surface area contributed by atoms with Crippen molar-refractivity contribution >= 4 is 11.4 Å². The van der Waals surface area contributed by atoms with E-state index in [1.165, 1.54) is 18.2 Å². The summed E-state index contributed by atoms with van der Waals surface area (Å²) in [6, 6.07) is 6.18. The molecule has 0 aliphatic carbocycles. The number of nitro groups is 1. The standard InChI is InChI=1S/C13H17N3O3/c1-9(2)12(8-19-3)15-11-6-10(7-14)4-5-13(11)16(17)18/h4-6,9,12,15H,8H2,1-3H3. The molecule has 0 aliphatic rings. The van der Waals surface area contributed by atoms with Gasteiger partial charge in [0, 0.05) is 13.2 Å². The van der Waals surface area contributed by atoms with Crippen molar-refractivity contribution < 1.29 is 9.66 Å². The Kier molecular flexibility index (Phi) is 5.27. The Hall–Kier alpha value is -2.13. The fourth-order valence-electron chi connectivity index (χ4n) is 1.66. The quantitative estimate of drug-likeness (QED) is 0.629. The van der Waals surface area contributed by atoms with E-state index < -0.39 is 4.92 Å². The summed E-state index contributed by atoms with van der Waals surface area (Å²) < 4.78 is 5.10. The minimum Gasteiger partial charge on any atom is -0.383 e. The summed E-state index contributed by atoms with van der Waals surface area (Å²) in [7, 11) is 1.58. The summed E-state index contributed by atoms with van der Waals surface area (Å²) in [6.07, 6.45) is 0. The first kappa shape index (κ1) is 14.9. The summed E-state index contributed by atoms with van der Waals surface area (Å²) in [5, 5.41) is 22.9. The van der Waals surface area contributed by atoms with Crippen molar-refractivity contribution in [2.45, 2.75) is 19.9 Å². The highest BCUT2D eigenvalue weighted by Crippen LogP contribution is 2.27. The number of benzene rings is 1. The van der Waals surface area contributed by atoms with Gasteiger partial charge in [-0.15, -0.1) is 0 Å². The molecule has 0 spiro atoms. The Bertz CT molecular complexity index is 494. The minimum absolute atomic E-state index is 0.0410. The van der Waals surface area contributed by atoms with Gasteiger partial charge in [0.1, 0.15) is 5.69 Å². The molecule has 0 aromatic heterocycles. The molecular weight excluding hydrogens is 246 g/mol. The second kappa shape index (κ2) is 6.71. The van der Waals surface area contributed by atoms with Crippen molar-refractivity contribution in [2.24, 2.45) is 5.92 Å². The molecule has 0 aliphatic heterocycles. The van der Waals surface area contributed by atoms with E-state index in [9.17, 15) is 10.1 Å². The maximum atomic E-state index is 11.0. The smallest absolute Gasteiger partial charge is 0.292 e. The largest absolute Gasteiger partial charge is 0.383 e. The lowest BCUT2D eigenvalue weighted by Gasteiger charge is -2.22. The molecule has 102 valence electrons. The van der Waals surface area contributed by atoms with E-state index in [0.29, 0.717) is 17.9 Å². The Morgan fingerprint density at radius 2 is 2.21 bits per heavy atom. The monoisotopic (exact) mass is 263 g/mol. The average molecular weight is 263 g/mol. The lowest BCUT2D eigenvalue weighted by atomic mass is 10.0. The molecule has 6 heteroatoms. The van der Waals surface area contributed by atoms with Crippen LogP contribution in [0, 0.1) is 27.4 Å². The van der Waals surface area contributed by atoms with Gasteiger partial charge < -0.3 is 10.1 Å². The fraction of sp³-hybridized carbons (Fsp3) is 0.462. The maximum absolute atomic E-state index is 11.0. The number of hydrogen-bond donors (Lipinski definition) is 1. The molecule has 0 radical (unpaired) electrons. The average Bonchev–Trinajstić information content (AvgIpc) is 2.37. The predicted molar refractivity (Wildman–Crippen MR) is 71.9 cm³/mol.